The minimum Gasteiger partial charge on any atom is -0.478 e. The molecule has 0 bridgehead atoms. The van der Waals surface area contributed by atoms with Crippen LogP contribution in [0.3, 0.4) is 0 Å². The maximum absolute atomic E-state index is 10.5. The number of aromatic nitrogens is 2. The topological polar surface area (TPSA) is 55.1 Å². The van der Waals surface area contributed by atoms with E-state index in [1.54, 1.807) is 6.08 Å². The van der Waals surface area contributed by atoms with Gasteiger partial charge in [-0.2, -0.15) is 5.10 Å². The van der Waals surface area contributed by atoms with E-state index in [4.69, 9.17) is 5.11 Å². The maximum Gasteiger partial charge on any atom is 0.328 e. The van der Waals surface area contributed by atoms with Gasteiger partial charge in [-0.1, -0.05) is 0 Å². The summed E-state index contributed by atoms with van der Waals surface area (Å²) >= 11 is 0. The van der Waals surface area contributed by atoms with Crippen molar-refractivity contribution < 1.29 is 9.90 Å². The quantitative estimate of drug-likeness (QED) is 0.781. The van der Waals surface area contributed by atoms with Crippen LogP contribution in [-0.2, 0) is 10.3 Å². The van der Waals surface area contributed by atoms with Crippen LogP contribution in [0.15, 0.2) is 6.08 Å². The Labute approximate surface area is 95.6 Å². The molecule has 88 valence electrons. The standard InChI is InChI=1S/C12H18N2O2/c1-8-10(6-7-11(15)16)9(2)14(13-8)12(3,4)5/h6-7H,1-5H3,(H,15,16)/b7-6-. The van der Waals surface area contributed by atoms with Crippen molar-refractivity contribution in [1.29, 1.82) is 0 Å². The van der Waals surface area contributed by atoms with Crippen LogP contribution in [-0.4, -0.2) is 20.9 Å². The summed E-state index contributed by atoms with van der Waals surface area (Å²) in [5.41, 5.74) is 2.63. The van der Waals surface area contributed by atoms with Crippen LogP contribution in [0.2, 0.25) is 0 Å². The highest BCUT2D eigenvalue weighted by Crippen LogP contribution is 2.22. The van der Waals surface area contributed by atoms with Crippen LogP contribution >= 0.6 is 0 Å². The van der Waals surface area contributed by atoms with Crippen LogP contribution in [0.4, 0.5) is 0 Å². The SMILES string of the molecule is Cc1nn(C(C)(C)C)c(C)c1/C=C\C(=O)O. The largest absolute Gasteiger partial charge is 0.478 e. The molecule has 16 heavy (non-hydrogen) atoms. The fourth-order valence-electron chi connectivity index (χ4n) is 1.70. The van der Waals surface area contributed by atoms with Gasteiger partial charge in [0.1, 0.15) is 0 Å². The Morgan fingerprint density at radius 1 is 1.38 bits per heavy atom. The molecular formula is C12H18N2O2. The van der Waals surface area contributed by atoms with Crippen molar-refractivity contribution in [1.82, 2.24) is 9.78 Å². The normalized spacial score (nSPS) is 12.3. The van der Waals surface area contributed by atoms with E-state index in [1.807, 2.05) is 18.5 Å². The van der Waals surface area contributed by atoms with E-state index < -0.39 is 5.97 Å². The average molecular weight is 222 g/mol. The zero-order valence-corrected chi connectivity index (χ0v) is 10.4. The molecule has 0 fully saturated rings. The van der Waals surface area contributed by atoms with E-state index in [0.29, 0.717) is 0 Å². The summed E-state index contributed by atoms with van der Waals surface area (Å²) in [5, 5.41) is 13.0. The number of hydrogen-bond acceptors (Lipinski definition) is 2. The molecule has 0 aliphatic rings. The number of carboxylic acids is 1. The Balaban J connectivity index is 3.23. The van der Waals surface area contributed by atoms with E-state index in [2.05, 4.69) is 25.9 Å². The van der Waals surface area contributed by atoms with Crippen LogP contribution in [0.25, 0.3) is 6.08 Å². The third kappa shape index (κ3) is 2.51. The molecule has 0 aliphatic heterocycles. The molecule has 1 rings (SSSR count). The summed E-state index contributed by atoms with van der Waals surface area (Å²) in [7, 11) is 0. The molecule has 1 heterocycles. The minimum atomic E-state index is -0.942. The number of carbonyl (C=O) groups is 1. The fourth-order valence-corrected chi connectivity index (χ4v) is 1.70. The Bertz CT molecular complexity index is 437. The van der Waals surface area contributed by atoms with Crippen LogP contribution in [0.5, 0.6) is 0 Å². The number of hydrogen-bond donors (Lipinski definition) is 1. The second-order valence-electron chi connectivity index (χ2n) is 4.84. The van der Waals surface area contributed by atoms with E-state index in [1.165, 1.54) is 0 Å². The molecule has 1 aromatic heterocycles. The van der Waals surface area contributed by atoms with E-state index in [0.717, 1.165) is 23.0 Å². The molecule has 0 atom stereocenters. The molecule has 0 spiro atoms. The first-order valence-electron chi connectivity index (χ1n) is 5.21. The summed E-state index contributed by atoms with van der Waals surface area (Å²) in [4.78, 5) is 10.5. The molecule has 0 saturated heterocycles. The first-order valence-corrected chi connectivity index (χ1v) is 5.21. The molecule has 0 radical (unpaired) electrons. The molecular weight excluding hydrogens is 204 g/mol. The maximum atomic E-state index is 10.5. The van der Waals surface area contributed by atoms with Crippen molar-refractivity contribution in [2.45, 2.75) is 40.2 Å². The monoisotopic (exact) mass is 222 g/mol. The Hall–Kier alpha value is -1.58. The Morgan fingerprint density at radius 2 is 1.94 bits per heavy atom. The lowest BCUT2D eigenvalue weighted by molar-refractivity contribution is -0.131. The fraction of sp³-hybridized carbons (Fsp3) is 0.500. The molecule has 0 amide bonds. The summed E-state index contributed by atoms with van der Waals surface area (Å²) in [6.07, 6.45) is 2.74. The highest BCUT2D eigenvalue weighted by molar-refractivity contribution is 5.85. The van der Waals surface area contributed by atoms with Crippen molar-refractivity contribution in [3.05, 3.63) is 23.0 Å². The molecule has 0 aromatic carbocycles. The van der Waals surface area contributed by atoms with E-state index in [-0.39, 0.29) is 5.54 Å². The van der Waals surface area contributed by atoms with Gasteiger partial charge >= 0.3 is 5.97 Å². The average Bonchev–Trinajstić information content (AvgIpc) is 2.38. The minimum absolute atomic E-state index is 0.0931. The Morgan fingerprint density at radius 3 is 2.31 bits per heavy atom. The highest BCUT2D eigenvalue weighted by Gasteiger charge is 2.19. The first-order chi connectivity index (χ1) is 7.23. The number of rotatable bonds is 2. The van der Waals surface area contributed by atoms with Gasteiger partial charge in [0.2, 0.25) is 0 Å². The zero-order chi connectivity index (χ0) is 12.5. The van der Waals surface area contributed by atoms with Gasteiger partial charge in [0.05, 0.1) is 11.2 Å². The zero-order valence-electron chi connectivity index (χ0n) is 10.4. The molecule has 0 saturated carbocycles. The molecule has 1 N–H and O–H groups in total. The lowest BCUT2D eigenvalue weighted by atomic mass is 10.1. The lowest BCUT2D eigenvalue weighted by Gasteiger charge is -2.21. The van der Waals surface area contributed by atoms with Gasteiger partial charge in [-0.05, 0) is 40.7 Å². The van der Waals surface area contributed by atoms with Gasteiger partial charge in [-0.3, -0.25) is 4.68 Å². The van der Waals surface area contributed by atoms with Crippen LogP contribution in [0.1, 0.15) is 37.7 Å². The van der Waals surface area contributed by atoms with E-state index in [9.17, 15) is 4.79 Å². The van der Waals surface area contributed by atoms with Gasteiger partial charge in [0.15, 0.2) is 0 Å². The highest BCUT2D eigenvalue weighted by atomic mass is 16.4. The second-order valence-corrected chi connectivity index (χ2v) is 4.84. The van der Waals surface area contributed by atoms with Crippen molar-refractivity contribution in [3.8, 4) is 0 Å². The molecule has 4 heteroatoms. The third-order valence-electron chi connectivity index (χ3n) is 2.38. The first kappa shape index (κ1) is 12.5. The van der Waals surface area contributed by atoms with Gasteiger partial charge in [0.25, 0.3) is 0 Å². The van der Waals surface area contributed by atoms with Crippen LogP contribution in [0, 0.1) is 13.8 Å². The van der Waals surface area contributed by atoms with Gasteiger partial charge in [-0.15, -0.1) is 0 Å². The number of nitrogens with zero attached hydrogens (tertiary/aromatic N) is 2. The number of aryl methyl sites for hydroxylation is 1. The molecule has 0 aliphatic carbocycles. The summed E-state index contributed by atoms with van der Waals surface area (Å²) in [5.74, 6) is -0.942. The van der Waals surface area contributed by atoms with E-state index >= 15 is 0 Å². The lowest BCUT2D eigenvalue weighted by Crippen LogP contribution is -2.24. The van der Waals surface area contributed by atoms with Crippen LogP contribution < -0.4 is 0 Å². The van der Waals surface area contributed by atoms with Gasteiger partial charge in [0, 0.05) is 17.3 Å². The predicted molar refractivity (Wildman–Crippen MR) is 63.4 cm³/mol. The summed E-state index contributed by atoms with van der Waals surface area (Å²) in [6.45, 7) is 10.0. The molecule has 1 aromatic rings. The van der Waals surface area contributed by atoms with Crippen molar-refractivity contribution >= 4 is 12.0 Å². The van der Waals surface area contributed by atoms with Crippen molar-refractivity contribution in [2.75, 3.05) is 0 Å². The van der Waals surface area contributed by atoms with Crippen molar-refractivity contribution in [2.24, 2.45) is 0 Å². The third-order valence-corrected chi connectivity index (χ3v) is 2.38. The summed E-state index contributed by atoms with van der Waals surface area (Å²) in [6, 6.07) is 0. The smallest absolute Gasteiger partial charge is 0.328 e. The number of aliphatic carboxylic acids is 1. The summed E-state index contributed by atoms with van der Waals surface area (Å²) < 4.78 is 1.92. The van der Waals surface area contributed by atoms with Crippen molar-refractivity contribution in [3.63, 3.8) is 0 Å². The number of carboxylic acid groups (broad SMARTS) is 1. The second kappa shape index (κ2) is 4.12. The predicted octanol–water partition coefficient (Wildman–Crippen LogP) is 2.35. The van der Waals surface area contributed by atoms with Gasteiger partial charge < -0.3 is 5.11 Å². The molecule has 4 nitrogen and oxygen atoms in total. The Kier molecular flexibility index (Phi) is 3.21. The molecule has 0 unspecified atom stereocenters. The van der Waals surface area contributed by atoms with Gasteiger partial charge in [-0.25, -0.2) is 4.79 Å².